The van der Waals surface area contributed by atoms with Gasteiger partial charge < -0.3 is 9.64 Å². The molecule has 3 fully saturated rings. The number of fused-ring (bicyclic) bond motifs is 5. The van der Waals surface area contributed by atoms with Gasteiger partial charge in [-0.25, -0.2) is 0 Å². The molecule has 0 unspecified atom stereocenters. The van der Waals surface area contributed by atoms with Gasteiger partial charge in [-0.05, 0) is 32.2 Å². The van der Waals surface area contributed by atoms with E-state index in [1.165, 1.54) is 38.9 Å². The van der Waals surface area contributed by atoms with Crippen LogP contribution < -0.4 is 0 Å². The summed E-state index contributed by atoms with van der Waals surface area (Å²) in [5.41, 5.74) is 0. The third-order valence-corrected chi connectivity index (χ3v) is 4.54. The Morgan fingerprint density at radius 2 is 1.81 bits per heavy atom. The van der Waals surface area contributed by atoms with E-state index >= 15 is 0 Å². The molecule has 3 nitrogen and oxygen atoms in total. The van der Waals surface area contributed by atoms with Gasteiger partial charge in [0.25, 0.3) is 0 Å². The Kier molecular flexibility index (Phi) is 2.87. The number of hydrogen-bond donors (Lipinski definition) is 0. The highest BCUT2D eigenvalue weighted by atomic mass is 16.5. The van der Waals surface area contributed by atoms with Crippen LogP contribution >= 0.6 is 0 Å². The molecule has 0 aliphatic carbocycles. The molecule has 88 valence electrons. The maximum Gasteiger partial charge on any atom is 0.0624 e. The average Bonchev–Trinajstić information content (AvgIpc) is 2.95. The second kappa shape index (κ2) is 4.35. The Labute approximate surface area is 97.4 Å². The van der Waals surface area contributed by atoms with Gasteiger partial charge in [0.05, 0.1) is 18.3 Å². The normalized spacial score (nSPS) is 41.2. The number of rotatable bonds is 4. The van der Waals surface area contributed by atoms with Gasteiger partial charge >= 0.3 is 0 Å². The summed E-state index contributed by atoms with van der Waals surface area (Å²) in [5, 5.41) is 8.49. The number of hydrogen-bond acceptors (Lipinski definition) is 3. The number of nitriles is 1. The third kappa shape index (κ3) is 1.74. The van der Waals surface area contributed by atoms with Crippen molar-refractivity contribution >= 4 is 0 Å². The minimum absolute atomic E-state index is 0.583. The zero-order chi connectivity index (χ0) is 11.0. The molecule has 0 amide bonds. The molecule has 3 heterocycles. The van der Waals surface area contributed by atoms with Crippen molar-refractivity contribution in [2.75, 3.05) is 19.6 Å². The van der Waals surface area contributed by atoms with Crippen LogP contribution in [0.3, 0.4) is 0 Å². The fourth-order valence-corrected chi connectivity index (χ4v) is 3.77. The lowest BCUT2D eigenvalue weighted by Crippen LogP contribution is -2.25. The standard InChI is InChI=1S/C13H20N2O/c14-6-2-1-3-7-15-8-10-11(9-15)13-5-4-12(10)16-13/h10-13H,1-5,7-9H2/t10-,11-,12-,13+/m1/s1. The topological polar surface area (TPSA) is 36.3 Å². The summed E-state index contributed by atoms with van der Waals surface area (Å²) in [7, 11) is 0. The molecule has 16 heavy (non-hydrogen) atoms. The highest BCUT2D eigenvalue weighted by Gasteiger charge is 2.52. The van der Waals surface area contributed by atoms with E-state index in [4.69, 9.17) is 10.00 Å². The summed E-state index contributed by atoms with van der Waals surface area (Å²) < 4.78 is 5.96. The van der Waals surface area contributed by atoms with Crippen LogP contribution in [0.15, 0.2) is 0 Å². The van der Waals surface area contributed by atoms with E-state index in [1.54, 1.807) is 0 Å². The van der Waals surface area contributed by atoms with Crippen LogP contribution in [-0.2, 0) is 4.74 Å². The summed E-state index contributed by atoms with van der Waals surface area (Å²) in [6.07, 6.45) is 6.73. The maximum atomic E-state index is 8.49. The molecule has 0 aromatic carbocycles. The van der Waals surface area contributed by atoms with Crippen LogP contribution in [0.25, 0.3) is 0 Å². The van der Waals surface area contributed by atoms with Crippen molar-refractivity contribution in [2.24, 2.45) is 11.8 Å². The predicted octanol–water partition coefficient (Wildman–Crippen LogP) is 1.79. The minimum atomic E-state index is 0.583. The van der Waals surface area contributed by atoms with Crippen LogP contribution in [0.4, 0.5) is 0 Å². The molecule has 0 aromatic heterocycles. The number of unbranched alkanes of at least 4 members (excludes halogenated alkanes) is 2. The van der Waals surface area contributed by atoms with Crippen molar-refractivity contribution in [3.63, 3.8) is 0 Å². The molecule has 2 bridgehead atoms. The van der Waals surface area contributed by atoms with Crippen molar-refractivity contribution in [1.82, 2.24) is 4.90 Å². The van der Waals surface area contributed by atoms with Gasteiger partial charge in [0.1, 0.15) is 0 Å². The van der Waals surface area contributed by atoms with Gasteiger partial charge in [-0.1, -0.05) is 0 Å². The molecule has 0 spiro atoms. The largest absolute Gasteiger partial charge is 0.374 e. The molecule has 3 aliphatic rings. The Morgan fingerprint density at radius 3 is 2.44 bits per heavy atom. The van der Waals surface area contributed by atoms with Gasteiger partial charge in [-0.15, -0.1) is 0 Å². The lowest BCUT2D eigenvalue weighted by molar-refractivity contribution is 0.0704. The first-order valence-corrected chi connectivity index (χ1v) is 6.63. The van der Waals surface area contributed by atoms with Crippen LogP contribution in [0, 0.1) is 23.2 Å². The van der Waals surface area contributed by atoms with Crippen molar-refractivity contribution in [3.05, 3.63) is 0 Å². The van der Waals surface area contributed by atoms with E-state index in [0.717, 1.165) is 24.7 Å². The lowest BCUT2D eigenvalue weighted by Gasteiger charge is -2.18. The monoisotopic (exact) mass is 220 g/mol. The van der Waals surface area contributed by atoms with Crippen LogP contribution in [-0.4, -0.2) is 36.7 Å². The van der Waals surface area contributed by atoms with Gasteiger partial charge in [-0.3, -0.25) is 0 Å². The molecule has 3 aliphatic heterocycles. The third-order valence-electron chi connectivity index (χ3n) is 4.54. The smallest absolute Gasteiger partial charge is 0.0624 e. The van der Waals surface area contributed by atoms with Crippen molar-refractivity contribution in [1.29, 1.82) is 5.26 Å². The Bertz CT molecular complexity index is 281. The van der Waals surface area contributed by atoms with Crippen LogP contribution in [0.5, 0.6) is 0 Å². The van der Waals surface area contributed by atoms with Gasteiger partial charge in [0.15, 0.2) is 0 Å². The molecule has 4 atom stereocenters. The molecule has 3 saturated heterocycles. The van der Waals surface area contributed by atoms with Gasteiger partial charge in [-0.2, -0.15) is 5.26 Å². The van der Waals surface area contributed by atoms with E-state index in [9.17, 15) is 0 Å². The van der Waals surface area contributed by atoms with Crippen molar-refractivity contribution in [3.8, 4) is 6.07 Å². The van der Waals surface area contributed by atoms with E-state index in [2.05, 4.69) is 11.0 Å². The molecular weight excluding hydrogens is 200 g/mol. The first-order chi connectivity index (χ1) is 7.88. The summed E-state index contributed by atoms with van der Waals surface area (Å²) >= 11 is 0. The number of likely N-dealkylation sites (tertiary alicyclic amines) is 1. The average molecular weight is 220 g/mol. The SMILES string of the molecule is N#CCCCCN1C[C@@H]2[C@@H](C1)[C@H]1CC[C@@H]2O1. The fourth-order valence-electron chi connectivity index (χ4n) is 3.77. The molecule has 0 saturated carbocycles. The second-order valence-electron chi connectivity index (χ2n) is 5.49. The van der Waals surface area contributed by atoms with Crippen LogP contribution in [0.1, 0.15) is 32.1 Å². The molecular formula is C13H20N2O. The van der Waals surface area contributed by atoms with Crippen LogP contribution in [0.2, 0.25) is 0 Å². The Morgan fingerprint density at radius 1 is 1.12 bits per heavy atom. The van der Waals surface area contributed by atoms with Gasteiger partial charge in [0, 0.05) is 31.3 Å². The van der Waals surface area contributed by atoms with E-state index in [0.29, 0.717) is 12.2 Å². The summed E-state index contributed by atoms with van der Waals surface area (Å²) in [5.74, 6) is 1.66. The Hall–Kier alpha value is -0.590. The van der Waals surface area contributed by atoms with Crippen molar-refractivity contribution < 1.29 is 4.74 Å². The molecule has 3 rings (SSSR count). The summed E-state index contributed by atoms with van der Waals surface area (Å²) in [4.78, 5) is 2.60. The molecule has 3 heteroatoms. The molecule has 0 radical (unpaired) electrons. The zero-order valence-electron chi connectivity index (χ0n) is 9.77. The highest BCUT2D eigenvalue weighted by Crippen LogP contribution is 2.47. The molecule has 0 N–H and O–H groups in total. The molecule has 0 aromatic rings. The maximum absolute atomic E-state index is 8.49. The quantitative estimate of drug-likeness (QED) is 0.678. The minimum Gasteiger partial charge on any atom is -0.374 e. The number of ether oxygens (including phenoxy) is 1. The predicted molar refractivity (Wildman–Crippen MR) is 60.8 cm³/mol. The zero-order valence-corrected chi connectivity index (χ0v) is 9.77. The van der Waals surface area contributed by atoms with E-state index in [-0.39, 0.29) is 0 Å². The summed E-state index contributed by atoms with van der Waals surface area (Å²) in [6.45, 7) is 3.69. The summed E-state index contributed by atoms with van der Waals surface area (Å²) in [6, 6.07) is 2.22. The van der Waals surface area contributed by atoms with Gasteiger partial charge in [0.2, 0.25) is 0 Å². The first kappa shape index (κ1) is 10.6. The second-order valence-corrected chi connectivity index (χ2v) is 5.49. The number of nitrogens with zero attached hydrogens (tertiary/aromatic N) is 2. The first-order valence-electron chi connectivity index (χ1n) is 6.63. The van der Waals surface area contributed by atoms with E-state index < -0.39 is 0 Å². The van der Waals surface area contributed by atoms with Crippen molar-refractivity contribution in [2.45, 2.75) is 44.3 Å². The lowest BCUT2D eigenvalue weighted by atomic mass is 9.82. The van der Waals surface area contributed by atoms with E-state index in [1.807, 2.05) is 0 Å². The Balaban J connectivity index is 1.46. The highest BCUT2D eigenvalue weighted by molar-refractivity contribution is 5.02. The fraction of sp³-hybridized carbons (Fsp3) is 0.923.